The Bertz CT molecular complexity index is 697. The molecule has 6 nitrogen and oxygen atoms in total. The highest BCUT2D eigenvalue weighted by atomic mass is 127. The highest BCUT2D eigenvalue weighted by Gasteiger charge is 2.36. The number of nitrogens with one attached hydrogen (secondary N) is 1. The molecule has 1 aromatic carbocycles. The first-order valence-corrected chi connectivity index (χ1v) is 6.60. The maximum absolute atomic E-state index is 12.8. The van der Waals surface area contributed by atoms with Gasteiger partial charge >= 0.3 is 6.18 Å². The molecule has 0 radical (unpaired) electrons. The fourth-order valence-electron chi connectivity index (χ4n) is 1.92. The molecule has 2 aromatic rings. The summed E-state index contributed by atoms with van der Waals surface area (Å²) in [5.41, 5.74) is 5.34. The molecule has 1 heterocycles. The van der Waals surface area contributed by atoms with Crippen molar-refractivity contribution < 1.29 is 17.9 Å². The summed E-state index contributed by atoms with van der Waals surface area (Å²) >= 11 is 0. The van der Waals surface area contributed by atoms with Gasteiger partial charge in [-0.05, 0) is 24.3 Å². The number of methoxy groups -OCH3 is 1. The van der Waals surface area contributed by atoms with Crippen molar-refractivity contribution >= 4 is 35.6 Å². The Kier molecular flexibility index (Phi) is 6.87. The van der Waals surface area contributed by atoms with Crippen LogP contribution in [0.2, 0.25) is 0 Å². The Morgan fingerprint density at radius 3 is 2.50 bits per heavy atom. The number of nitrogens with zero attached hydrogens (tertiary/aromatic N) is 3. The standard InChI is InChI=1S/C14H16F3N5O.HI/c1-22-8-9(12(21-22)14(15,16)17)7-19-13(18)20-10-3-5-11(23-2)6-4-10;/h3-6,8H,7H2,1-2H3,(H3,18,19,20);1H. The number of hydrogen-bond donors (Lipinski definition) is 2. The van der Waals surface area contributed by atoms with Crippen LogP contribution in [0.4, 0.5) is 18.9 Å². The van der Waals surface area contributed by atoms with Crippen LogP contribution in [0.3, 0.4) is 0 Å². The monoisotopic (exact) mass is 455 g/mol. The molecule has 132 valence electrons. The minimum atomic E-state index is -4.52. The summed E-state index contributed by atoms with van der Waals surface area (Å²) in [7, 11) is 2.96. The second-order valence-electron chi connectivity index (χ2n) is 4.73. The third kappa shape index (κ3) is 5.28. The number of ether oxygens (including phenoxy) is 1. The number of halogens is 4. The second kappa shape index (κ2) is 8.22. The number of nitrogens with two attached hydrogens (primary N) is 1. The molecular formula is C14H17F3IN5O. The Morgan fingerprint density at radius 2 is 1.96 bits per heavy atom. The normalized spacial score (nSPS) is 11.8. The lowest BCUT2D eigenvalue weighted by Gasteiger charge is -2.07. The lowest BCUT2D eigenvalue weighted by molar-refractivity contribution is -0.142. The lowest BCUT2D eigenvalue weighted by atomic mass is 10.2. The number of alkyl halides is 3. The Morgan fingerprint density at radius 1 is 1.33 bits per heavy atom. The van der Waals surface area contributed by atoms with Gasteiger partial charge in [0.25, 0.3) is 0 Å². The summed E-state index contributed by atoms with van der Waals surface area (Å²) in [4.78, 5) is 3.92. The SMILES string of the molecule is COc1ccc(NC(N)=NCc2cn(C)nc2C(F)(F)F)cc1.I. The van der Waals surface area contributed by atoms with Gasteiger partial charge in [-0.1, -0.05) is 0 Å². The molecular weight excluding hydrogens is 438 g/mol. The topological polar surface area (TPSA) is 77.5 Å². The highest BCUT2D eigenvalue weighted by Crippen LogP contribution is 2.30. The van der Waals surface area contributed by atoms with Gasteiger partial charge in [-0.3, -0.25) is 4.68 Å². The van der Waals surface area contributed by atoms with E-state index in [2.05, 4.69) is 15.4 Å². The molecule has 1 aromatic heterocycles. The van der Waals surface area contributed by atoms with Crippen LogP contribution in [0.15, 0.2) is 35.5 Å². The smallest absolute Gasteiger partial charge is 0.435 e. The van der Waals surface area contributed by atoms with Crippen molar-refractivity contribution in [3.63, 3.8) is 0 Å². The summed E-state index contributed by atoms with van der Waals surface area (Å²) in [6.07, 6.45) is -3.25. The van der Waals surface area contributed by atoms with Gasteiger partial charge in [0, 0.05) is 24.5 Å². The zero-order chi connectivity index (χ0) is 17.0. The van der Waals surface area contributed by atoms with E-state index in [-0.39, 0.29) is 42.0 Å². The molecule has 0 saturated carbocycles. The van der Waals surface area contributed by atoms with Crippen LogP contribution in [-0.2, 0) is 19.8 Å². The summed E-state index contributed by atoms with van der Waals surface area (Å²) in [5.74, 6) is 0.684. The number of benzene rings is 1. The van der Waals surface area contributed by atoms with E-state index >= 15 is 0 Å². The zero-order valence-electron chi connectivity index (χ0n) is 13.0. The summed E-state index contributed by atoms with van der Waals surface area (Å²) in [5, 5.41) is 6.20. The van der Waals surface area contributed by atoms with Crippen LogP contribution >= 0.6 is 24.0 Å². The molecule has 0 saturated heterocycles. The van der Waals surface area contributed by atoms with Crippen LogP contribution in [0, 0.1) is 0 Å². The van der Waals surface area contributed by atoms with Crippen molar-refractivity contribution in [2.75, 3.05) is 12.4 Å². The molecule has 0 atom stereocenters. The summed E-state index contributed by atoms with van der Waals surface area (Å²) in [6.45, 7) is -0.225. The van der Waals surface area contributed by atoms with Gasteiger partial charge in [0.15, 0.2) is 11.7 Å². The molecule has 0 aliphatic heterocycles. The van der Waals surface area contributed by atoms with Crippen molar-refractivity contribution in [2.24, 2.45) is 17.8 Å². The van der Waals surface area contributed by atoms with Crippen LogP contribution < -0.4 is 15.8 Å². The predicted molar refractivity (Wildman–Crippen MR) is 95.6 cm³/mol. The second-order valence-corrected chi connectivity index (χ2v) is 4.73. The first kappa shape index (κ1) is 20.1. The minimum Gasteiger partial charge on any atom is -0.497 e. The van der Waals surface area contributed by atoms with Crippen molar-refractivity contribution in [1.82, 2.24) is 9.78 Å². The maximum atomic E-state index is 12.8. The molecule has 0 fully saturated rings. The number of anilines is 1. The van der Waals surface area contributed by atoms with E-state index < -0.39 is 11.9 Å². The van der Waals surface area contributed by atoms with E-state index in [1.807, 2.05) is 0 Å². The molecule has 10 heteroatoms. The quantitative estimate of drug-likeness (QED) is 0.423. The Balaban J connectivity index is 0.00000288. The number of aryl methyl sites for hydroxylation is 1. The van der Waals surface area contributed by atoms with E-state index in [1.54, 1.807) is 31.4 Å². The third-order valence-electron chi connectivity index (χ3n) is 2.96. The average Bonchev–Trinajstić information content (AvgIpc) is 2.87. The van der Waals surface area contributed by atoms with E-state index in [0.717, 1.165) is 4.68 Å². The van der Waals surface area contributed by atoms with Crippen LogP contribution in [0.1, 0.15) is 11.3 Å². The van der Waals surface area contributed by atoms with E-state index in [1.165, 1.54) is 13.2 Å². The Hall–Kier alpha value is -1.98. The zero-order valence-corrected chi connectivity index (χ0v) is 15.3. The molecule has 0 spiro atoms. The van der Waals surface area contributed by atoms with E-state index in [4.69, 9.17) is 10.5 Å². The van der Waals surface area contributed by atoms with Crippen LogP contribution in [-0.4, -0.2) is 22.8 Å². The van der Waals surface area contributed by atoms with Crippen LogP contribution in [0.25, 0.3) is 0 Å². The van der Waals surface area contributed by atoms with Gasteiger partial charge < -0.3 is 15.8 Å². The van der Waals surface area contributed by atoms with Gasteiger partial charge in [0.1, 0.15) is 5.75 Å². The number of aromatic nitrogens is 2. The molecule has 0 aliphatic carbocycles. The van der Waals surface area contributed by atoms with Gasteiger partial charge in [0.05, 0.1) is 13.7 Å². The van der Waals surface area contributed by atoms with Crippen molar-refractivity contribution in [3.05, 3.63) is 41.7 Å². The predicted octanol–water partition coefficient (Wildman–Crippen LogP) is 2.99. The van der Waals surface area contributed by atoms with Crippen molar-refractivity contribution in [1.29, 1.82) is 0 Å². The maximum Gasteiger partial charge on any atom is 0.435 e. The number of rotatable bonds is 4. The molecule has 0 unspecified atom stereocenters. The fourth-order valence-corrected chi connectivity index (χ4v) is 1.92. The van der Waals surface area contributed by atoms with Gasteiger partial charge in [-0.15, -0.1) is 24.0 Å². The van der Waals surface area contributed by atoms with E-state index in [0.29, 0.717) is 11.4 Å². The first-order valence-electron chi connectivity index (χ1n) is 6.60. The molecule has 0 bridgehead atoms. The number of hydrogen-bond acceptors (Lipinski definition) is 3. The lowest BCUT2D eigenvalue weighted by Crippen LogP contribution is -2.22. The largest absolute Gasteiger partial charge is 0.497 e. The fraction of sp³-hybridized carbons (Fsp3) is 0.286. The molecule has 2 rings (SSSR count). The van der Waals surface area contributed by atoms with Gasteiger partial charge in [0.2, 0.25) is 0 Å². The average molecular weight is 455 g/mol. The summed E-state index contributed by atoms with van der Waals surface area (Å²) < 4.78 is 44.6. The van der Waals surface area contributed by atoms with Gasteiger partial charge in [-0.2, -0.15) is 18.3 Å². The highest BCUT2D eigenvalue weighted by molar-refractivity contribution is 14.0. The van der Waals surface area contributed by atoms with Gasteiger partial charge in [-0.25, -0.2) is 4.99 Å². The number of aliphatic imine (C=N–C) groups is 1. The molecule has 24 heavy (non-hydrogen) atoms. The Labute approximate surface area is 153 Å². The van der Waals surface area contributed by atoms with E-state index in [9.17, 15) is 13.2 Å². The molecule has 3 N–H and O–H groups in total. The third-order valence-corrected chi connectivity index (χ3v) is 2.96. The molecule has 0 amide bonds. The minimum absolute atomic E-state index is 0. The first-order chi connectivity index (χ1) is 10.8. The van der Waals surface area contributed by atoms with Crippen LogP contribution in [0.5, 0.6) is 5.75 Å². The number of guanidine groups is 1. The van der Waals surface area contributed by atoms with Crippen molar-refractivity contribution in [2.45, 2.75) is 12.7 Å². The summed E-state index contributed by atoms with van der Waals surface area (Å²) in [6, 6.07) is 6.87. The van der Waals surface area contributed by atoms with Crippen molar-refractivity contribution in [3.8, 4) is 5.75 Å². The molecule has 0 aliphatic rings.